The molecule has 0 saturated heterocycles. The molecular weight excluding hydrogens is 236 g/mol. The molecule has 0 bridgehead atoms. The van der Waals surface area contributed by atoms with Crippen molar-refractivity contribution >= 4 is 6.01 Å². The largest absolute Gasteiger partial charge is 0.423 e. The van der Waals surface area contributed by atoms with Gasteiger partial charge in [-0.2, -0.15) is 4.98 Å². The zero-order chi connectivity index (χ0) is 14.3. The highest BCUT2D eigenvalue weighted by atomic mass is 16.4. The van der Waals surface area contributed by atoms with Crippen LogP contribution in [0.25, 0.3) is 11.3 Å². The maximum atomic E-state index is 5.75. The summed E-state index contributed by atoms with van der Waals surface area (Å²) >= 11 is 0. The van der Waals surface area contributed by atoms with Crippen molar-refractivity contribution < 1.29 is 4.42 Å². The number of aromatic nitrogens is 1. The zero-order valence-electron chi connectivity index (χ0n) is 12.6. The van der Waals surface area contributed by atoms with Crippen molar-refractivity contribution in [2.45, 2.75) is 47.5 Å². The van der Waals surface area contributed by atoms with E-state index in [1.54, 1.807) is 0 Å². The molecular formula is C16H22N2O. The van der Waals surface area contributed by atoms with E-state index in [1.165, 1.54) is 22.3 Å². The van der Waals surface area contributed by atoms with Gasteiger partial charge in [0.25, 0.3) is 6.01 Å². The molecule has 1 heterocycles. The first-order valence-corrected chi connectivity index (χ1v) is 6.66. The SMILES string of the molecule is Cc1cc(C)c(C)c(-c2oc(N)nc2C(C)C)c1C. The number of anilines is 1. The van der Waals surface area contributed by atoms with Crippen molar-refractivity contribution in [3.8, 4) is 11.3 Å². The van der Waals surface area contributed by atoms with E-state index >= 15 is 0 Å². The number of hydrogen-bond acceptors (Lipinski definition) is 3. The van der Waals surface area contributed by atoms with Crippen LogP contribution in [-0.2, 0) is 0 Å². The average Bonchev–Trinajstić information content (AvgIpc) is 2.69. The highest BCUT2D eigenvalue weighted by Gasteiger charge is 2.21. The zero-order valence-corrected chi connectivity index (χ0v) is 12.6. The molecule has 1 aromatic carbocycles. The first-order chi connectivity index (χ1) is 8.82. The van der Waals surface area contributed by atoms with E-state index in [9.17, 15) is 0 Å². The van der Waals surface area contributed by atoms with Crippen LogP contribution in [0.4, 0.5) is 6.01 Å². The summed E-state index contributed by atoms with van der Waals surface area (Å²) < 4.78 is 5.70. The van der Waals surface area contributed by atoms with Crippen LogP contribution >= 0.6 is 0 Å². The summed E-state index contributed by atoms with van der Waals surface area (Å²) in [6, 6.07) is 2.46. The van der Waals surface area contributed by atoms with Gasteiger partial charge in [-0.15, -0.1) is 0 Å². The Labute approximate surface area is 114 Å². The van der Waals surface area contributed by atoms with E-state index in [1.807, 2.05) is 0 Å². The highest BCUT2D eigenvalue weighted by molar-refractivity contribution is 5.72. The topological polar surface area (TPSA) is 52.0 Å². The van der Waals surface area contributed by atoms with Gasteiger partial charge in [0.05, 0.1) is 5.69 Å². The van der Waals surface area contributed by atoms with E-state index in [0.29, 0.717) is 0 Å². The predicted octanol–water partition coefficient (Wildman–Crippen LogP) is 4.28. The van der Waals surface area contributed by atoms with Gasteiger partial charge >= 0.3 is 0 Å². The van der Waals surface area contributed by atoms with Gasteiger partial charge in [0.1, 0.15) is 0 Å². The second-order valence-corrected chi connectivity index (χ2v) is 5.56. The van der Waals surface area contributed by atoms with Crippen molar-refractivity contribution in [2.24, 2.45) is 0 Å². The van der Waals surface area contributed by atoms with Crippen LogP contribution < -0.4 is 5.73 Å². The molecule has 0 radical (unpaired) electrons. The smallest absolute Gasteiger partial charge is 0.292 e. The Morgan fingerprint density at radius 2 is 1.58 bits per heavy atom. The lowest BCUT2D eigenvalue weighted by Gasteiger charge is -2.15. The monoisotopic (exact) mass is 258 g/mol. The summed E-state index contributed by atoms with van der Waals surface area (Å²) in [6.07, 6.45) is 0. The molecule has 0 unspecified atom stereocenters. The van der Waals surface area contributed by atoms with Gasteiger partial charge in [0.2, 0.25) is 0 Å². The number of nitrogens with two attached hydrogens (primary N) is 1. The van der Waals surface area contributed by atoms with Crippen molar-refractivity contribution in [2.75, 3.05) is 5.73 Å². The molecule has 0 aliphatic carbocycles. The summed E-state index contributed by atoms with van der Waals surface area (Å²) in [5, 5.41) is 0. The van der Waals surface area contributed by atoms with Gasteiger partial charge in [0, 0.05) is 5.56 Å². The third kappa shape index (κ3) is 2.25. The molecule has 102 valence electrons. The fourth-order valence-corrected chi connectivity index (χ4v) is 2.48. The van der Waals surface area contributed by atoms with Gasteiger partial charge in [-0.1, -0.05) is 19.9 Å². The number of benzene rings is 1. The molecule has 0 fully saturated rings. The lowest BCUT2D eigenvalue weighted by molar-refractivity contribution is 0.591. The fraction of sp³-hybridized carbons (Fsp3) is 0.438. The molecule has 0 saturated carbocycles. The molecule has 0 aliphatic rings. The summed E-state index contributed by atoms with van der Waals surface area (Å²) in [4.78, 5) is 4.34. The third-order valence-corrected chi connectivity index (χ3v) is 3.81. The fourth-order valence-electron chi connectivity index (χ4n) is 2.48. The number of nitrogen functional groups attached to an aromatic ring is 1. The van der Waals surface area contributed by atoms with E-state index in [2.05, 4.69) is 52.6 Å². The Hall–Kier alpha value is -1.77. The molecule has 0 atom stereocenters. The Morgan fingerprint density at radius 1 is 1.05 bits per heavy atom. The van der Waals surface area contributed by atoms with Crippen molar-refractivity contribution in [3.05, 3.63) is 34.0 Å². The number of hydrogen-bond donors (Lipinski definition) is 1. The first-order valence-electron chi connectivity index (χ1n) is 6.66. The second kappa shape index (κ2) is 4.72. The van der Waals surface area contributed by atoms with Gasteiger partial charge in [-0.3, -0.25) is 0 Å². The standard InChI is InChI=1S/C16H22N2O/c1-8(2)14-15(19-16(17)18-14)13-11(5)9(3)7-10(4)12(13)6/h7-8H,1-6H3,(H2,17,18). The summed E-state index contributed by atoms with van der Waals surface area (Å²) in [5.74, 6) is 1.12. The van der Waals surface area contributed by atoms with Crippen LogP contribution in [0.15, 0.2) is 10.5 Å². The number of nitrogens with zero attached hydrogens (tertiary/aromatic N) is 1. The van der Waals surface area contributed by atoms with E-state index < -0.39 is 0 Å². The van der Waals surface area contributed by atoms with Gasteiger partial charge in [-0.05, 0) is 55.9 Å². The number of rotatable bonds is 2. The maximum absolute atomic E-state index is 5.75. The molecule has 3 nitrogen and oxygen atoms in total. The van der Waals surface area contributed by atoms with Crippen LogP contribution in [0.3, 0.4) is 0 Å². The molecule has 3 heteroatoms. The van der Waals surface area contributed by atoms with Crippen LogP contribution in [-0.4, -0.2) is 4.98 Å². The van der Waals surface area contributed by atoms with Crippen LogP contribution in [0.1, 0.15) is 47.7 Å². The highest BCUT2D eigenvalue weighted by Crippen LogP contribution is 2.37. The van der Waals surface area contributed by atoms with Crippen molar-refractivity contribution in [1.82, 2.24) is 4.98 Å². The maximum Gasteiger partial charge on any atom is 0.292 e. The minimum atomic E-state index is 0.247. The van der Waals surface area contributed by atoms with Gasteiger partial charge in [0.15, 0.2) is 5.76 Å². The Bertz CT molecular complexity index is 598. The average molecular weight is 258 g/mol. The van der Waals surface area contributed by atoms with E-state index in [4.69, 9.17) is 10.2 Å². The molecule has 0 aliphatic heterocycles. The van der Waals surface area contributed by atoms with E-state index in [-0.39, 0.29) is 11.9 Å². The summed E-state index contributed by atoms with van der Waals surface area (Å²) in [5.41, 5.74) is 12.8. The van der Waals surface area contributed by atoms with Crippen molar-refractivity contribution in [1.29, 1.82) is 0 Å². The Morgan fingerprint density at radius 3 is 2.05 bits per heavy atom. The first kappa shape index (κ1) is 13.7. The van der Waals surface area contributed by atoms with Crippen LogP contribution in [0.2, 0.25) is 0 Å². The van der Waals surface area contributed by atoms with Gasteiger partial charge in [-0.25, -0.2) is 0 Å². The molecule has 2 rings (SSSR count). The quantitative estimate of drug-likeness (QED) is 0.874. The lowest BCUT2D eigenvalue weighted by atomic mass is 9.91. The summed E-state index contributed by atoms with van der Waals surface area (Å²) in [6.45, 7) is 12.7. The Kier molecular flexibility index (Phi) is 3.40. The summed E-state index contributed by atoms with van der Waals surface area (Å²) in [7, 11) is 0. The molecule has 2 N–H and O–H groups in total. The van der Waals surface area contributed by atoms with E-state index in [0.717, 1.165) is 17.0 Å². The molecule has 19 heavy (non-hydrogen) atoms. The normalized spacial score (nSPS) is 11.3. The number of oxazole rings is 1. The molecule has 0 amide bonds. The predicted molar refractivity (Wildman–Crippen MR) is 79.4 cm³/mol. The minimum Gasteiger partial charge on any atom is -0.423 e. The van der Waals surface area contributed by atoms with Crippen LogP contribution in [0.5, 0.6) is 0 Å². The molecule has 0 spiro atoms. The Balaban J connectivity index is 2.79. The lowest BCUT2D eigenvalue weighted by Crippen LogP contribution is -1.98. The van der Waals surface area contributed by atoms with Gasteiger partial charge < -0.3 is 10.2 Å². The number of aryl methyl sites for hydroxylation is 2. The van der Waals surface area contributed by atoms with Crippen molar-refractivity contribution in [3.63, 3.8) is 0 Å². The second-order valence-electron chi connectivity index (χ2n) is 5.56. The molecule has 1 aromatic heterocycles. The minimum absolute atomic E-state index is 0.247. The molecule has 2 aromatic rings. The third-order valence-electron chi connectivity index (χ3n) is 3.81. The van der Waals surface area contributed by atoms with Crippen LogP contribution in [0, 0.1) is 27.7 Å².